The SMILES string of the molecule is Cc1cc(Sc2ncnn2C)c(C(C)N)cc1F. The fourth-order valence-electron chi connectivity index (χ4n) is 1.59. The standard InChI is InChI=1S/C12H15FN4S/c1-7-4-11(9(8(2)14)5-10(7)13)18-12-15-6-16-17(12)3/h4-6,8H,14H2,1-3H3. The van der Waals surface area contributed by atoms with Gasteiger partial charge in [0.1, 0.15) is 12.1 Å². The monoisotopic (exact) mass is 266 g/mol. The first-order valence-electron chi connectivity index (χ1n) is 5.56. The quantitative estimate of drug-likeness (QED) is 0.927. The highest BCUT2D eigenvalue weighted by molar-refractivity contribution is 7.99. The van der Waals surface area contributed by atoms with Gasteiger partial charge in [-0.1, -0.05) is 0 Å². The molecule has 0 saturated carbocycles. The molecule has 1 atom stereocenters. The highest BCUT2D eigenvalue weighted by Gasteiger charge is 2.14. The van der Waals surface area contributed by atoms with Crippen molar-refractivity contribution in [3.8, 4) is 0 Å². The summed E-state index contributed by atoms with van der Waals surface area (Å²) in [5, 5.41) is 4.76. The molecule has 0 fully saturated rings. The maximum atomic E-state index is 13.6. The van der Waals surface area contributed by atoms with E-state index < -0.39 is 0 Å². The van der Waals surface area contributed by atoms with Gasteiger partial charge in [0.15, 0.2) is 5.16 Å². The third kappa shape index (κ3) is 2.54. The molecule has 1 heterocycles. The van der Waals surface area contributed by atoms with Gasteiger partial charge >= 0.3 is 0 Å². The molecule has 1 aromatic heterocycles. The van der Waals surface area contributed by atoms with Gasteiger partial charge in [-0.3, -0.25) is 0 Å². The van der Waals surface area contributed by atoms with Crippen LogP contribution in [0, 0.1) is 12.7 Å². The van der Waals surface area contributed by atoms with Crippen LogP contribution in [0.15, 0.2) is 28.5 Å². The molecule has 2 N–H and O–H groups in total. The molecule has 1 aromatic carbocycles. The van der Waals surface area contributed by atoms with E-state index in [1.165, 1.54) is 24.2 Å². The van der Waals surface area contributed by atoms with Crippen LogP contribution in [0.5, 0.6) is 0 Å². The molecule has 0 aliphatic carbocycles. The number of aryl methyl sites for hydroxylation is 2. The average molecular weight is 266 g/mol. The first kappa shape index (κ1) is 13.0. The lowest BCUT2D eigenvalue weighted by atomic mass is 10.1. The van der Waals surface area contributed by atoms with Crippen molar-refractivity contribution in [3.05, 3.63) is 35.4 Å². The van der Waals surface area contributed by atoms with Crippen molar-refractivity contribution in [2.45, 2.75) is 29.9 Å². The maximum absolute atomic E-state index is 13.6. The van der Waals surface area contributed by atoms with Crippen LogP contribution in [0.2, 0.25) is 0 Å². The Morgan fingerprint density at radius 3 is 2.72 bits per heavy atom. The largest absolute Gasteiger partial charge is 0.324 e. The Morgan fingerprint density at radius 1 is 1.44 bits per heavy atom. The van der Waals surface area contributed by atoms with Gasteiger partial charge in [-0.05, 0) is 48.9 Å². The molecule has 0 bridgehead atoms. The van der Waals surface area contributed by atoms with Crippen molar-refractivity contribution in [3.63, 3.8) is 0 Å². The summed E-state index contributed by atoms with van der Waals surface area (Å²) in [6.07, 6.45) is 1.49. The number of nitrogens with zero attached hydrogens (tertiary/aromatic N) is 3. The zero-order chi connectivity index (χ0) is 13.3. The van der Waals surface area contributed by atoms with Crippen LogP contribution < -0.4 is 5.73 Å². The van der Waals surface area contributed by atoms with Crippen molar-refractivity contribution < 1.29 is 4.39 Å². The zero-order valence-electron chi connectivity index (χ0n) is 10.5. The van der Waals surface area contributed by atoms with Gasteiger partial charge in [0, 0.05) is 18.0 Å². The lowest BCUT2D eigenvalue weighted by Gasteiger charge is -2.13. The molecule has 2 aromatic rings. The van der Waals surface area contributed by atoms with Crippen LogP contribution in [0.3, 0.4) is 0 Å². The van der Waals surface area contributed by atoms with Crippen molar-refractivity contribution in [2.75, 3.05) is 0 Å². The Morgan fingerprint density at radius 2 is 2.17 bits per heavy atom. The summed E-state index contributed by atoms with van der Waals surface area (Å²) < 4.78 is 15.3. The van der Waals surface area contributed by atoms with Crippen molar-refractivity contribution >= 4 is 11.8 Å². The normalized spacial score (nSPS) is 12.7. The number of nitrogens with two attached hydrogens (primary N) is 1. The van der Waals surface area contributed by atoms with Crippen molar-refractivity contribution in [1.82, 2.24) is 14.8 Å². The summed E-state index contributed by atoms with van der Waals surface area (Å²) >= 11 is 1.44. The smallest absolute Gasteiger partial charge is 0.190 e. The Kier molecular flexibility index (Phi) is 3.68. The molecule has 1 unspecified atom stereocenters. The first-order valence-corrected chi connectivity index (χ1v) is 6.38. The summed E-state index contributed by atoms with van der Waals surface area (Å²) in [7, 11) is 1.82. The third-order valence-corrected chi connectivity index (χ3v) is 3.78. The van der Waals surface area contributed by atoms with Gasteiger partial charge < -0.3 is 5.73 Å². The van der Waals surface area contributed by atoms with Crippen LogP contribution in [0.25, 0.3) is 0 Å². The minimum absolute atomic E-state index is 0.226. The molecule has 0 spiro atoms. The highest BCUT2D eigenvalue weighted by Crippen LogP contribution is 2.33. The number of rotatable bonds is 3. The Hall–Kier alpha value is -1.40. The number of aromatic nitrogens is 3. The van der Waals surface area contributed by atoms with Crippen LogP contribution in [-0.4, -0.2) is 14.8 Å². The second-order valence-corrected chi connectivity index (χ2v) is 5.21. The van der Waals surface area contributed by atoms with Gasteiger partial charge in [0.2, 0.25) is 0 Å². The summed E-state index contributed by atoms with van der Waals surface area (Å²) in [6, 6.07) is 3.07. The first-order chi connectivity index (χ1) is 8.49. The fourth-order valence-corrected chi connectivity index (χ4v) is 2.67. The average Bonchev–Trinajstić information content (AvgIpc) is 2.69. The number of benzene rings is 1. The summed E-state index contributed by atoms with van der Waals surface area (Å²) in [6.45, 7) is 3.58. The molecular weight excluding hydrogens is 251 g/mol. The minimum atomic E-state index is -0.232. The van der Waals surface area contributed by atoms with Gasteiger partial charge in [-0.15, -0.1) is 0 Å². The summed E-state index contributed by atoms with van der Waals surface area (Å²) in [5.41, 5.74) is 7.26. The molecule has 6 heteroatoms. The van der Waals surface area contributed by atoms with Crippen molar-refractivity contribution in [2.24, 2.45) is 12.8 Å². The molecule has 0 aliphatic rings. The third-order valence-electron chi connectivity index (χ3n) is 2.65. The summed E-state index contributed by atoms with van der Waals surface area (Å²) in [4.78, 5) is 5.06. The van der Waals surface area contributed by atoms with Gasteiger partial charge in [-0.25, -0.2) is 14.1 Å². The topological polar surface area (TPSA) is 56.7 Å². The lowest BCUT2D eigenvalue weighted by molar-refractivity contribution is 0.609. The van der Waals surface area contributed by atoms with Crippen LogP contribution in [0.1, 0.15) is 24.1 Å². The van der Waals surface area contributed by atoms with Crippen LogP contribution in [-0.2, 0) is 7.05 Å². The van der Waals surface area contributed by atoms with E-state index in [1.807, 2.05) is 14.0 Å². The van der Waals surface area contributed by atoms with E-state index in [0.29, 0.717) is 5.56 Å². The molecule has 0 aliphatic heterocycles. The molecule has 0 radical (unpaired) electrons. The molecule has 18 heavy (non-hydrogen) atoms. The van der Waals surface area contributed by atoms with E-state index in [4.69, 9.17) is 5.73 Å². The molecule has 4 nitrogen and oxygen atoms in total. The molecule has 0 amide bonds. The van der Waals surface area contributed by atoms with E-state index in [0.717, 1.165) is 15.6 Å². The van der Waals surface area contributed by atoms with Gasteiger partial charge in [0.25, 0.3) is 0 Å². The predicted octanol–water partition coefficient (Wildman–Crippen LogP) is 2.43. The molecule has 96 valence electrons. The number of hydrogen-bond acceptors (Lipinski definition) is 4. The molecule has 2 rings (SSSR count). The predicted molar refractivity (Wildman–Crippen MR) is 68.9 cm³/mol. The van der Waals surface area contributed by atoms with Crippen LogP contribution >= 0.6 is 11.8 Å². The Balaban J connectivity index is 2.43. The number of halogens is 1. The number of hydrogen-bond donors (Lipinski definition) is 1. The second kappa shape index (κ2) is 5.07. The van der Waals surface area contributed by atoms with E-state index in [1.54, 1.807) is 17.7 Å². The van der Waals surface area contributed by atoms with Gasteiger partial charge in [0.05, 0.1) is 0 Å². The van der Waals surface area contributed by atoms with E-state index in [9.17, 15) is 4.39 Å². The van der Waals surface area contributed by atoms with Gasteiger partial charge in [-0.2, -0.15) is 5.10 Å². The Bertz CT molecular complexity index is 565. The van der Waals surface area contributed by atoms with E-state index >= 15 is 0 Å². The summed E-state index contributed by atoms with van der Waals surface area (Å²) in [5.74, 6) is -0.232. The molecule has 0 saturated heterocycles. The van der Waals surface area contributed by atoms with Crippen molar-refractivity contribution in [1.29, 1.82) is 0 Å². The molecular formula is C12H15FN4S. The Labute approximate surface area is 109 Å². The minimum Gasteiger partial charge on any atom is -0.324 e. The van der Waals surface area contributed by atoms with E-state index in [-0.39, 0.29) is 11.9 Å². The fraction of sp³-hybridized carbons (Fsp3) is 0.333. The maximum Gasteiger partial charge on any atom is 0.190 e. The lowest BCUT2D eigenvalue weighted by Crippen LogP contribution is -2.08. The highest BCUT2D eigenvalue weighted by atomic mass is 32.2. The second-order valence-electron chi connectivity index (χ2n) is 4.20. The van der Waals surface area contributed by atoms with Crippen LogP contribution in [0.4, 0.5) is 4.39 Å². The van der Waals surface area contributed by atoms with E-state index in [2.05, 4.69) is 10.1 Å². The zero-order valence-corrected chi connectivity index (χ0v) is 11.3.